The summed E-state index contributed by atoms with van der Waals surface area (Å²) in [7, 11) is 1.54. The van der Waals surface area contributed by atoms with Crippen LogP contribution in [-0.4, -0.2) is 42.6 Å². The van der Waals surface area contributed by atoms with Gasteiger partial charge < -0.3 is 19.1 Å². The molecule has 3 aromatic carbocycles. The van der Waals surface area contributed by atoms with Gasteiger partial charge in [-0.15, -0.1) is 0 Å². The Morgan fingerprint density at radius 2 is 1.80 bits per heavy atom. The molecule has 0 radical (unpaired) electrons. The van der Waals surface area contributed by atoms with E-state index in [1.165, 1.54) is 4.90 Å². The fourth-order valence-corrected chi connectivity index (χ4v) is 4.37. The van der Waals surface area contributed by atoms with Crippen LogP contribution in [0.5, 0.6) is 17.2 Å². The number of aryl methyl sites for hydroxylation is 1. The van der Waals surface area contributed by atoms with Crippen LogP contribution in [0.3, 0.4) is 0 Å². The van der Waals surface area contributed by atoms with E-state index in [1.54, 1.807) is 61.7 Å². The van der Waals surface area contributed by atoms with Gasteiger partial charge in [0.05, 0.1) is 19.2 Å². The molecule has 1 unspecified atom stereocenters. The van der Waals surface area contributed by atoms with Gasteiger partial charge in [0.15, 0.2) is 11.5 Å². The summed E-state index contributed by atoms with van der Waals surface area (Å²) in [5, 5.41) is 0. The number of ether oxygens (including phenoxy) is 3. The average molecular weight is 472 g/mol. The lowest BCUT2D eigenvalue weighted by Gasteiger charge is -2.28. The maximum absolute atomic E-state index is 13.7. The highest BCUT2D eigenvalue weighted by Gasteiger charge is 2.44. The summed E-state index contributed by atoms with van der Waals surface area (Å²) in [5.74, 6) is 0.694. The van der Waals surface area contributed by atoms with Gasteiger partial charge in [0, 0.05) is 12.1 Å². The number of hydrogen-bond donors (Lipinski definition) is 0. The number of amides is 3. The van der Waals surface area contributed by atoms with E-state index in [0.29, 0.717) is 28.5 Å². The van der Waals surface area contributed by atoms with Gasteiger partial charge in [0.25, 0.3) is 11.8 Å². The Bertz CT molecular complexity index is 1300. The van der Waals surface area contributed by atoms with Crippen molar-refractivity contribution < 1.29 is 28.6 Å². The minimum atomic E-state index is -0.942. The molecular formula is C27H24N2O6. The van der Waals surface area contributed by atoms with E-state index in [4.69, 9.17) is 14.2 Å². The number of methoxy groups -OCH3 is 1. The summed E-state index contributed by atoms with van der Waals surface area (Å²) >= 11 is 0. The Morgan fingerprint density at radius 3 is 2.54 bits per heavy atom. The third-order valence-corrected chi connectivity index (χ3v) is 6.15. The molecular weight excluding hydrogens is 448 g/mol. The topological polar surface area (TPSA) is 85.4 Å². The second-order valence-corrected chi connectivity index (χ2v) is 8.48. The first-order valence-electron chi connectivity index (χ1n) is 11.2. The van der Waals surface area contributed by atoms with Gasteiger partial charge in [-0.05, 0) is 61.0 Å². The molecule has 0 aromatic heterocycles. The Labute approximate surface area is 202 Å². The molecule has 1 saturated heterocycles. The molecule has 2 heterocycles. The first kappa shape index (κ1) is 22.5. The Hall–Kier alpha value is -4.33. The second kappa shape index (κ2) is 9.13. The zero-order chi connectivity index (χ0) is 24.5. The van der Waals surface area contributed by atoms with Crippen LogP contribution in [0.25, 0.3) is 0 Å². The van der Waals surface area contributed by atoms with Crippen LogP contribution in [0.15, 0.2) is 66.7 Å². The molecule has 3 aromatic rings. The van der Waals surface area contributed by atoms with Gasteiger partial charge in [0.2, 0.25) is 12.7 Å². The Kier molecular flexibility index (Phi) is 5.86. The van der Waals surface area contributed by atoms with Crippen molar-refractivity contribution in [3.63, 3.8) is 0 Å². The van der Waals surface area contributed by atoms with Crippen LogP contribution < -0.4 is 19.1 Å². The maximum atomic E-state index is 13.7. The van der Waals surface area contributed by atoms with E-state index in [9.17, 15) is 14.4 Å². The molecule has 1 fully saturated rings. The molecule has 0 bridgehead atoms. The highest BCUT2D eigenvalue weighted by Crippen LogP contribution is 2.34. The number of hydrogen-bond acceptors (Lipinski definition) is 6. The lowest BCUT2D eigenvalue weighted by Crippen LogP contribution is -2.45. The molecule has 1 atom stereocenters. The largest absolute Gasteiger partial charge is 0.497 e. The SMILES string of the molecule is COc1ccc(N2C(=O)CC(N(Cc3ccc4c(c3)OCO4)C(=O)c3cccc(C)c3)C2=O)cc1. The summed E-state index contributed by atoms with van der Waals surface area (Å²) in [6.45, 7) is 2.16. The second-order valence-electron chi connectivity index (χ2n) is 8.48. The van der Waals surface area contributed by atoms with Gasteiger partial charge in [-0.2, -0.15) is 0 Å². The van der Waals surface area contributed by atoms with E-state index in [2.05, 4.69) is 0 Å². The van der Waals surface area contributed by atoms with Gasteiger partial charge in [-0.1, -0.05) is 23.8 Å². The first-order valence-corrected chi connectivity index (χ1v) is 11.2. The van der Waals surface area contributed by atoms with Crippen molar-refractivity contribution in [3.8, 4) is 17.2 Å². The van der Waals surface area contributed by atoms with Gasteiger partial charge in [0.1, 0.15) is 11.8 Å². The number of carbonyl (C=O) groups excluding carboxylic acids is 3. The summed E-state index contributed by atoms with van der Waals surface area (Å²) in [6, 6.07) is 18.3. The molecule has 5 rings (SSSR count). The highest BCUT2D eigenvalue weighted by molar-refractivity contribution is 6.23. The van der Waals surface area contributed by atoms with E-state index in [0.717, 1.165) is 16.0 Å². The predicted octanol–water partition coefficient (Wildman–Crippen LogP) is 3.71. The number of nitrogens with zero attached hydrogens (tertiary/aromatic N) is 2. The number of imide groups is 1. The summed E-state index contributed by atoms with van der Waals surface area (Å²) in [5.41, 5.74) is 2.58. The number of carbonyl (C=O) groups is 3. The zero-order valence-electron chi connectivity index (χ0n) is 19.4. The molecule has 0 N–H and O–H groups in total. The quantitative estimate of drug-likeness (QED) is 0.509. The highest BCUT2D eigenvalue weighted by atomic mass is 16.7. The van der Waals surface area contributed by atoms with Gasteiger partial charge >= 0.3 is 0 Å². The molecule has 8 heteroatoms. The van der Waals surface area contributed by atoms with Gasteiger partial charge in [-0.3, -0.25) is 14.4 Å². The van der Waals surface area contributed by atoms with Crippen LogP contribution in [0, 0.1) is 6.92 Å². The van der Waals surface area contributed by atoms with Crippen molar-refractivity contribution in [2.75, 3.05) is 18.8 Å². The van der Waals surface area contributed by atoms with Crippen molar-refractivity contribution in [2.45, 2.75) is 25.9 Å². The van der Waals surface area contributed by atoms with Crippen LogP contribution in [0.2, 0.25) is 0 Å². The molecule has 3 amide bonds. The minimum absolute atomic E-state index is 0.104. The monoisotopic (exact) mass is 472 g/mol. The van der Waals surface area contributed by atoms with Crippen LogP contribution in [0.1, 0.15) is 27.9 Å². The summed E-state index contributed by atoms with van der Waals surface area (Å²) in [6.07, 6.45) is -0.104. The summed E-state index contributed by atoms with van der Waals surface area (Å²) in [4.78, 5) is 42.8. The average Bonchev–Trinajstić information content (AvgIpc) is 3.45. The fraction of sp³-hybridized carbons (Fsp3) is 0.222. The molecule has 0 aliphatic carbocycles. The van der Waals surface area contributed by atoms with Gasteiger partial charge in [-0.25, -0.2) is 4.90 Å². The van der Waals surface area contributed by atoms with Crippen molar-refractivity contribution in [1.82, 2.24) is 4.90 Å². The normalized spacial score (nSPS) is 16.5. The molecule has 35 heavy (non-hydrogen) atoms. The molecule has 2 aliphatic rings. The fourth-order valence-electron chi connectivity index (χ4n) is 4.37. The minimum Gasteiger partial charge on any atom is -0.497 e. The smallest absolute Gasteiger partial charge is 0.257 e. The lowest BCUT2D eigenvalue weighted by atomic mass is 10.1. The maximum Gasteiger partial charge on any atom is 0.257 e. The Morgan fingerprint density at radius 1 is 1.03 bits per heavy atom. The Balaban J connectivity index is 1.48. The third kappa shape index (κ3) is 4.30. The molecule has 8 nitrogen and oxygen atoms in total. The van der Waals surface area contributed by atoms with Crippen LogP contribution in [0.4, 0.5) is 5.69 Å². The predicted molar refractivity (Wildman–Crippen MR) is 128 cm³/mol. The molecule has 178 valence electrons. The van der Waals surface area contributed by atoms with Crippen molar-refractivity contribution in [2.24, 2.45) is 0 Å². The number of rotatable bonds is 6. The van der Waals surface area contributed by atoms with Crippen molar-refractivity contribution in [3.05, 3.63) is 83.4 Å². The van der Waals surface area contributed by atoms with Crippen molar-refractivity contribution >= 4 is 23.4 Å². The number of benzene rings is 3. The molecule has 2 aliphatic heterocycles. The standard InChI is InChI=1S/C27H24N2O6/c1-17-4-3-5-19(12-17)26(31)28(15-18-6-11-23-24(13-18)35-16-34-23)22-14-25(30)29(27(22)32)20-7-9-21(33-2)10-8-20/h3-13,22H,14-16H2,1-2H3. The van der Waals surface area contributed by atoms with E-state index in [1.807, 2.05) is 19.1 Å². The number of fused-ring (bicyclic) bond motifs is 1. The third-order valence-electron chi connectivity index (χ3n) is 6.15. The van der Waals surface area contributed by atoms with E-state index in [-0.39, 0.29) is 31.6 Å². The van der Waals surface area contributed by atoms with Crippen molar-refractivity contribution in [1.29, 1.82) is 0 Å². The number of anilines is 1. The zero-order valence-corrected chi connectivity index (χ0v) is 19.4. The van der Waals surface area contributed by atoms with E-state index >= 15 is 0 Å². The van der Waals surface area contributed by atoms with E-state index < -0.39 is 11.9 Å². The first-order chi connectivity index (χ1) is 16.9. The molecule has 0 saturated carbocycles. The summed E-state index contributed by atoms with van der Waals surface area (Å²) < 4.78 is 16.0. The molecule has 0 spiro atoms. The lowest BCUT2D eigenvalue weighted by molar-refractivity contribution is -0.122. The van der Waals surface area contributed by atoms with Crippen LogP contribution >= 0.6 is 0 Å². The van der Waals surface area contributed by atoms with Crippen LogP contribution in [-0.2, 0) is 16.1 Å².